The van der Waals surface area contributed by atoms with E-state index in [1.807, 2.05) is 36.4 Å². The van der Waals surface area contributed by atoms with Gasteiger partial charge in [0.2, 0.25) is 0 Å². The van der Waals surface area contributed by atoms with Gasteiger partial charge in [-0.1, -0.05) is 29.3 Å². The van der Waals surface area contributed by atoms with Crippen molar-refractivity contribution >= 4 is 28.9 Å². The van der Waals surface area contributed by atoms with Gasteiger partial charge >= 0.3 is 0 Å². The number of hydrogen-bond acceptors (Lipinski definition) is 3. The maximum atomic E-state index is 6.14. The molecule has 0 fully saturated rings. The third kappa shape index (κ3) is 3.38. The maximum absolute atomic E-state index is 6.14. The fraction of sp³-hybridized carbons (Fsp3) is 0.0625. The normalized spacial score (nSPS) is 10.6. The molecule has 1 heterocycles. The summed E-state index contributed by atoms with van der Waals surface area (Å²) in [5.41, 5.74) is 2.99. The first-order chi connectivity index (χ1) is 10.2. The highest BCUT2D eigenvalue weighted by Gasteiger charge is 2.03. The summed E-state index contributed by atoms with van der Waals surface area (Å²) in [6, 6.07) is 13.4. The van der Waals surface area contributed by atoms with Gasteiger partial charge in [0.1, 0.15) is 0 Å². The van der Waals surface area contributed by atoms with Crippen molar-refractivity contribution in [2.45, 2.75) is 6.54 Å². The Balaban J connectivity index is 1.68. The number of rotatable bonds is 4. The molecule has 3 aromatic rings. The molecule has 1 N–H and O–H groups in total. The Morgan fingerprint density at radius 2 is 1.86 bits per heavy atom. The minimum absolute atomic E-state index is 0.637. The van der Waals surface area contributed by atoms with E-state index < -0.39 is 0 Å². The van der Waals surface area contributed by atoms with Crippen molar-refractivity contribution < 1.29 is 4.42 Å². The number of halogens is 2. The van der Waals surface area contributed by atoms with E-state index in [4.69, 9.17) is 27.6 Å². The van der Waals surface area contributed by atoms with E-state index in [9.17, 15) is 0 Å². The third-order valence-corrected chi connectivity index (χ3v) is 3.69. The lowest BCUT2D eigenvalue weighted by molar-refractivity contribution is 0.572. The van der Waals surface area contributed by atoms with Crippen molar-refractivity contribution in [3.05, 3.63) is 70.7 Å². The average Bonchev–Trinajstić information content (AvgIpc) is 3.01. The minimum Gasteiger partial charge on any atom is -0.444 e. The van der Waals surface area contributed by atoms with Crippen LogP contribution >= 0.6 is 23.2 Å². The zero-order chi connectivity index (χ0) is 14.7. The standard InChI is InChI=1S/C16H12Cl2N2O/c17-13-4-1-12(15(18)7-13)8-20-14-5-2-11(3-6-14)16-9-19-10-21-16/h1-7,9-10,20H,8H2. The van der Waals surface area contributed by atoms with Gasteiger partial charge in [-0.25, -0.2) is 4.98 Å². The van der Waals surface area contributed by atoms with Crippen LogP contribution in [0.4, 0.5) is 5.69 Å². The molecule has 3 rings (SSSR count). The van der Waals surface area contributed by atoms with Crippen LogP contribution in [-0.4, -0.2) is 4.98 Å². The van der Waals surface area contributed by atoms with Gasteiger partial charge in [0, 0.05) is 27.8 Å². The van der Waals surface area contributed by atoms with Gasteiger partial charge in [0.15, 0.2) is 12.2 Å². The van der Waals surface area contributed by atoms with Crippen LogP contribution in [0.2, 0.25) is 10.0 Å². The summed E-state index contributed by atoms with van der Waals surface area (Å²) < 4.78 is 5.25. The van der Waals surface area contributed by atoms with E-state index in [0.29, 0.717) is 16.6 Å². The van der Waals surface area contributed by atoms with Crippen molar-refractivity contribution in [3.63, 3.8) is 0 Å². The van der Waals surface area contributed by atoms with Crippen molar-refractivity contribution in [1.29, 1.82) is 0 Å². The van der Waals surface area contributed by atoms with Crippen molar-refractivity contribution in [2.24, 2.45) is 0 Å². The minimum atomic E-state index is 0.637. The third-order valence-electron chi connectivity index (χ3n) is 3.10. The number of nitrogens with zero attached hydrogens (tertiary/aromatic N) is 1. The van der Waals surface area contributed by atoms with Crippen LogP contribution in [0.3, 0.4) is 0 Å². The van der Waals surface area contributed by atoms with E-state index in [-0.39, 0.29) is 0 Å². The molecule has 0 saturated carbocycles. The predicted octanol–water partition coefficient (Wildman–Crippen LogP) is 5.26. The summed E-state index contributed by atoms with van der Waals surface area (Å²) in [5, 5.41) is 4.62. The topological polar surface area (TPSA) is 38.1 Å². The first-order valence-corrected chi connectivity index (χ1v) is 7.15. The molecule has 21 heavy (non-hydrogen) atoms. The summed E-state index contributed by atoms with van der Waals surface area (Å²) in [5.74, 6) is 0.752. The molecule has 106 valence electrons. The molecule has 0 aliphatic carbocycles. The van der Waals surface area contributed by atoms with Gasteiger partial charge in [0.05, 0.1) is 6.20 Å². The Labute approximate surface area is 132 Å². The highest BCUT2D eigenvalue weighted by molar-refractivity contribution is 6.35. The Morgan fingerprint density at radius 3 is 2.52 bits per heavy atom. The summed E-state index contributed by atoms with van der Waals surface area (Å²) in [7, 11) is 0. The predicted molar refractivity (Wildman–Crippen MR) is 85.7 cm³/mol. The second kappa shape index (κ2) is 6.20. The summed E-state index contributed by atoms with van der Waals surface area (Å²) >= 11 is 12.0. The molecule has 5 heteroatoms. The van der Waals surface area contributed by atoms with Gasteiger partial charge in [0.25, 0.3) is 0 Å². The first-order valence-electron chi connectivity index (χ1n) is 6.39. The molecule has 3 nitrogen and oxygen atoms in total. The van der Waals surface area contributed by atoms with Crippen molar-refractivity contribution in [1.82, 2.24) is 4.98 Å². The zero-order valence-electron chi connectivity index (χ0n) is 11.0. The first kappa shape index (κ1) is 14.0. The van der Waals surface area contributed by atoms with Crippen LogP contribution in [0.15, 0.2) is 59.5 Å². The molecule has 1 aromatic heterocycles. The Morgan fingerprint density at radius 1 is 1.05 bits per heavy atom. The fourth-order valence-electron chi connectivity index (χ4n) is 1.97. The zero-order valence-corrected chi connectivity index (χ0v) is 12.5. The molecule has 0 spiro atoms. The van der Waals surface area contributed by atoms with E-state index >= 15 is 0 Å². The van der Waals surface area contributed by atoms with Crippen molar-refractivity contribution in [2.75, 3.05) is 5.32 Å². The molecule has 0 bridgehead atoms. The molecule has 0 atom stereocenters. The molecule has 0 unspecified atom stereocenters. The van der Waals surface area contributed by atoms with Gasteiger partial charge in [-0.2, -0.15) is 0 Å². The van der Waals surface area contributed by atoms with Gasteiger partial charge in [-0.15, -0.1) is 0 Å². The molecule has 2 aromatic carbocycles. The van der Waals surface area contributed by atoms with Crippen molar-refractivity contribution in [3.8, 4) is 11.3 Å². The fourth-order valence-corrected chi connectivity index (χ4v) is 2.45. The molecule has 0 amide bonds. The number of aromatic nitrogens is 1. The summed E-state index contributed by atoms with van der Waals surface area (Å²) in [4.78, 5) is 3.91. The maximum Gasteiger partial charge on any atom is 0.181 e. The van der Waals surface area contributed by atoms with Crippen LogP contribution in [0, 0.1) is 0 Å². The number of benzene rings is 2. The average molecular weight is 319 g/mol. The lowest BCUT2D eigenvalue weighted by Crippen LogP contribution is -1.99. The van der Waals surface area contributed by atoms with Crippen LogP contribution in [0.5, 0.6) is 0 Å². The molecule has 0 saturated heterocycles. The summed E-state index contributed by atoms with van der Waals surface area (Å²) in [6.45, 7) is 0.637. The largest absolute Gasteiger partial charge is 0.444 e. The van der Waals surface area contributed by atoms with Gasteiger partial charge in [-0.05, 0) is 42.0 Å². The molecular weight excluding hydrogens is 307 g/mol. The molecule has 0 radical (unpaired) electrons. The van der Waals surface area contributed by atoms with Crippen LogP contribution in [0.1, 0.15) is 5.56 Å². The number of hydrogen-bond donors (Lipinski definition) is 1. The molecule has 0 aliphatic rings. The number of oxazole rings is 1. The second-order valence-corrected chi connectivity index (χ2v) is 5.38. The van der Waals surface area contributed by atoms with E-state index in [1.165, 1.54) is 6.39 Å². The Kier molecular flexibility index (Phi) is 4.13. The van der Waals surface area contributed by atoms with Crippen LogP contribution in [-0.2, 0) is 6.54 Å². The molecular formula is C16H12Cl2N2O. The van der Waals surface area contributed by atoms with Gasteiger partial charge in [-0.3, -0.25) is 0 Å². The highest BCUT2D eigenvalue weighted by Crippen LogP contribution is 2.23. The van der Waals surface area contributed by atoms with E-state index in [0.717, 1.165) is 22.6 Å². The Bertz CT molecular complexity index is 725. The number of nitrogens with one attached hydrogen (secondary N) is 1. The highest BCUT2D eigenvalue weighted by atomic mass is 35.5. The second-order valence-electron chi connectivity index (χ2n) is 4.53. The smallest absolute Gasteiger partial charge is 0.181 e. The quantitative estimate of drug-likeness (QED) is 0.713. The van der Waals surface area contributed by atoms with Crippen LogP contribution < -0.4 is 5.32 Å². The monoisotopic (exact) mass is 318 g/mol. The molecule has 0 aliphatic heterocycles. The SMILES string of the molecule is Clc1ccc(CNc2ccc(-c3cnco3)cc2)c(Cl)c1. The van der Waals surface area contributed by atoms with Crippen LogP contribution in [0.25, 0.3) is 11.3 Å². The summed E-state index contributed by atoms with van der Waals surface area (Å²) in [6.07, 6.45) is 3.11. The van der Waals surface area contributed by atoms with E-state index in [2.05, 4.69) is 10.3 Å². The van der Waals surface area contributed by atoms with E-state index in [1.54, 1.807) is 12.3 Å². The Hall–Kier alpha value is -1.97. The lowest BCUT2D eigenvalue weighted by Gasteiger charge is -2.09. The lowest BCUT2D eigenvalue weighted by atomic mass is 10.1. The van der Waals surface area contributed by atoms with Gasteiger partial charge < -0.3 is 9.73 Å². The number of anilines is 1.